The molecule has 1 heterocycles. The highest BCUT2D eigenvalue weighted by molar-refractivity contribution is 6.30. The van der Waals surface area contributed by atoms with E-state index >= 15 is 0 Å². The highest BCUT2D eigenvalue weighted by Gasteiger charge is 2.28. The molecular formula is C12H14ClN5O2. The van der Waals surface area contributed by atoms with Gasteiger partial charge >= 0.3 is 0 Å². The number of aromatic nitrogens is 3. The Labute approximate surface area is 120 Å². The SMILES string of the molecule is CC(C)(C)c1c(N)nnn1-c1cc(Cl)ccc1[N+](=O)[O-]. The van der Waals surface area contributed by atoms with Gasteiger partial charge in [-0.3, -0.25) is 10.1 Å². The minimum absolute atomic E-state index is 0.107. The maximum Gasteiger partial charge on any atom is 0.295 e. The number of benzene rings is 1. The first-order valence-electron chi connectivity index (χ1n) is 5.88. The van der Waals surface area contributed by atoms with Crippen LogP contribution in [0.3, 0.4) is 0 Å². The van der Waals surface area contributed by atoms with Crippen LogP contribution in [0.4, 0.5) is 11.5 Å². The van der Waals surface area contributed by atoms with Crippen molar-refractivity contribution >= 4 is 23.1 Å². The Morgan fingerprint density at radius 3 is 2.60 bits per heavy atom. The van der Waals surface area contributed by atoms with E-state index in [-0.39, 0.29) is 22.6 Å². The van der Waals surface area contributed by atoms with E-state index in [2.05, 4.69) is 10.3 Å². The van der Waals surface area contributed by atoms with Crippen LogP contribution in [0.5, 0.6) is 0 Å². The van der Waals surface area contributed by atoms with Crippen molar-refractivity contribution in [3.63, 3.8) is 0 Å². The Balaban J connectivity index is 2.76. The summed E-state index contributed by atoms with van der Waals surface area (Å²) < 4.78 is 1.37. The first-order valence-corrected chi connectivity index (χ1v) is 6.25. The molecule has 2 rings (SSSR count). The maximum absolute atomic E-state index is 11.1. The Hall–Kier alpha value is -2.15. The number of nitro benzene ring substituents is 1. The Morgan fingerprint density at radius 2 is 2.05 bits per heavy atom. The average Bonchev–Trinajstić information content (AvgIpc) is 2.70. The zero-order chi connectivity index (χ0) is 15.1. The van der Waals surface area contributed by atoms with Gasteiger partial charge in [0.15, 0.2) is 5.82 Å². The predicted molar refractivity (Wildman–Crippen MR) is 76.1 cm³/mol. The standard InChI is InChI=1S/C12H14ClN5O2/c1-12(2,3)10-11(14)15-16-17(10)9-6-7(13)4-5-8(9)18(19)20/h4-6H,14H2,1-3H3. The molecule has 0 unspecified atom stereocenters. The van der Waals surface area contributed by atoms with Gasteiger partial charge in [0.2, 0.25) is 0 Å². The highest BCUT2D eigenvalue weighted by Crippen LogP contribution is 2.32. The molecule has 2 aromatic rings. The van der Waals surface area contributed by atoms with E-state index in [1.54, 1.807) is 0 Å². The van der Waals surface area contributed by atoms with Gasteiger partial charge in [-0.15, -0.1) is 5.10 Å². The van der Waals surface area contributed by atoms with Gasteiger partial charge < -0.3 is 5.73 Å². The number of rotatable bonds is 2. The van der Waals surface area contributed by atoms with Gasteiger partial charge in [-0.1, -0.05) is 37.6 Å². The molecule has 2 N–H and O–H groups in total. The van der Waals surface area contributed by atoms with Crippen molar-refractivity contribution in [2.75, 3.05) is 5.73 Å². The summed E-state index contributed by atoms with van der Waals surface area (Å²) >= 11 is 5.93. The second-order valence-corrected chi connectivity index (χ2v) is 5.81. The summed E-state index contributed by atoms with van der Waals surface area (Å²) in [5.74, 6) is 0.242. The molecule has 0 saturated carbocycles. The van der Waals surface area contributed by atoms with Crippen molar-refractivity contribution in [2.24, 2.45) is 0 Å². The van der Waals surface area contributed by atoms with E-state index in [0.717, 1.165) is 0 Å². The molecule has 1 aromatic carbocycles. The van der Waals surface area contributed by atoms with Gasteiger partial charge in [0, 0.05) is 16.5 Å². The quantitative estimate of drug-likeness (QED) is 0.678. The van der Waals surface area contributed by atoms with Crippen LogP contribution < -0.4 is 5.73 Å². The number of nitrogen functional groups attached to an aromatic ring is 1. The third-order valence-corrected chi connectivity index (χ3v) is 3.00. The Kier molecular flexibility index (Phi) is 3.39. The number of anilines is 1. The molecule has 0 saturated heterocycles. The van der Waals surface area contributed by atoms with Crippen LogP contribution in [0.25, 0.3) is 5.69 Å². The zero-order valence-electron chi connectivity index (χ0n) is 11.3. The van der Waals surface area contributed by atoms with Gasteiger partial charge in [0.1, 0.15) is 5.69 Å². The lowest BCUT2D eigenvalue weighted by Gasteiger charge is -2.20. The van der Waals surface area contributed by atoms with Gasteiger partial charge in [0.05, 0.1) is 10.6 Å². The molecule has 0 amide bonds. The molecular weight excluding hydrogens is 282 g/mol. The fraction of sp³-hybridized carbons (Fsp3) is 0.333. The van der Waals surface area contributed by atoms with Crippen molar-refractivity contribution in [3.8, 4) is 5.69 Å². The lowest BCUT2D eigenvalue weighted by molar-refractivity contribution is -0.384. The normalized spacial score (nSPS) is 11.6. The molecule has 0 spiro atoms. The maximum atomic E-state index is 11.1. The number of hydrogen-bond acceptors (Lipinski definition) is 5. The molecule has 8 heteroatoms. The van der Waals surface area contributed by atoms with Crippen LogP contribution in [0.1, 0.15) is 26.5 Å². The zero-order valence-corrected chi connectivity index (χ0v) is 12.0. The molecule has 0 aliphatic heterocycles. The minimum atomic E-state index is -0.490. The molecule has 0 atom stereocenters. The van der Waals surface area contributed by atoms with Crippen LogP contribution >= 0.6 is 11.6 Å². The van der Waals surface area contributed by atoms with E-state index in [0.29, 0.717) is 10.7 Å². The van der Waals surface area contributed by atoms with E-state index in [9.17, 15) is 10.1 Å². The number of nitrogens with two attached hydrogens (primary N) is 1. The summed E-state index contributed by atoms with van der Waals surface area (Å²) in [6, 6.07) is 4.27. The monoisotopic (exact) mass is 295 g/mol. The second kappa shape index (κ2) is 4.75. The summed E-state index contributed by atoms with van der Waals surface area (Å²) in [5.41, 5.74) is 6.20. The first kappa shape index (κ1) is 14.3. The molecule has 106 valence electrons. The molecule has 0 bridgehead atoms. The molecule has 1 aromatic heterocycles. The number of nitro groups is 1. The largest absolute Gasteiger partial charge is 0.381 e. The summed E-state index contributed by atoms with van der Waals surface area (Å²) in [6.45, 7) is 5.78. The Bertz CT molecular complexity index is 675. The first-order chi connectivity index (χ1) is 9.21. The molecule has 0 radical (unpaired) electrons. The van der Waals surface area contributed by atoms with Gasteiger partial charge in [-0.2, -0.15) is 0 Å². The smallest absolute Gasteiger partial charge is 0.295 e. The fourth-order valence-corrected chi connectivity index (χ4v) is 2.15. The lowest BCUT2D eigenvalue weighted by atomic mass is 9.91. The van der Waals surface area contributed by atoms with Crippen LogP contribution in [0, 0.1) is 10.1 Å². The van der Waals surface area contributed by atoms with Crippen LogP contribution in [0.2, 0.25) is 5.02 Å². The fourth-order valence-electron chi connectivity index (χ4n) is 1.98. The van der Waals surface area contributed by atoms with E-state index in [4.69, 9.17) is 17.3 Å². The molecule has 7 nitrogen and oxygen atoms in total. The number of halogens is 1. The van der Waals surface area contributed by atoms with E-state index in [1.165, 1.54) is 22.9 Å². The average molecular weight is 296 g/mol. The predicted octanol–water partition coefficient (Wildman–Crippen LogP) is 2.71. The van der Waals surface area contributed by atoms with E-state index < -0.39 is 4.92 Å². The summed E-state index contributed by atoms with van der Waals surface area (Å²) in [6.07, 6.45) is 0. The van der Waals surface area contributed by atoms with Crippen molar-refractivity contribution in [1.29, 1.82) is 0 Å². The van der Waals surface area contributed by atoms with Gasteiger partial charge in [-0.05, 0) is 12.1 Å². The topological polar surface area (TPSA) is 99.9 Å². The molecule has 0 aliphatic rings. The molecule has 20 heavy (non-hydrogen) atoms. The van der Waals surface area contributed by atoms with E-state index in [1.807, 2.05) is 20.8 Å². The third-order valence-electron chi connectivity index (χ3n) is 2.77. The third kappa shape index (κ3) is 2.44. The van der Waals surface area contributed by atoms with Crippen LogP contribution in [-0.2, 0) is 5.41 Å². The Morgan fingerprint density at radius 1 is 1.40 bits per heavy atom. The number of hydrogen-bond donors (Lipinski definition) is 1. The number of nitrogens with zero attached hydrogens (tertiary/aromatic N) is 4. The van der Waals surface area contributed by atoms with Crippen molar-refractivity contribution in [3.05, 3.63) is 39.0 Å². The summed E-state index contributed by atoms with van der Waals surface area (Å²) in [7, 11) is 0. The van der Waals surface area contributed by atoms with Crippen molar-refractivity contribution in [1.82, 2.24) is 15.0 Å². The summed E-state index contributed by atoms with van der Waals surface area (Å²) in [5, 5.41) is 19.2. The van der Waals surface area contributed by atoms with Crippen LogP contribution in [-0.4, -0.2) is 19.9 Å². The van der Waals surface area contributed by atoms with Gasteiger partial charge in [0.25, 0.3) is 5.69 Å². The highest BCUT2D eigenvalue weighted by atomic mass is 35.5. The molecule has 0 fully saturated rings. The molecule has 0 aliphatic carbocycles. The second-order valence-electron chi connectivity index (χ2n) is 5.38. The van der Waals surface area contributed by atoms with Gasteiger partial charge in [-0.25, -0.2) is 4.68 Å². The van der Waals surface area contributed by atoms with Crippen molar-refractivity contribution in [2.45, 2.75) is 26.2 Å². The van der Waals surface area contributed by atoms with Crippen LogP contribution in [0.15, 0.2) is 18.2 Å². The van der Waals surface area contributed by atoms with Crippen molar-refractivity contribution < 1.29 is 4.92 Å². The summed E-state index contributed by atoms with van der Waals surface area (Å²) in [4.78, 5) is 10.7. The minimum Gasteiger partial charge on any atom is -0.381 e. The lowest BCUT2D eigenvalue weighted by Crippen LogP contribution is -2.19.